The summed E-state index contributed by atoms with van der Waals surface area (Å²) < 4.78 is 5.20. The number of hydrogen-bond donors (Lipinski definition) is 2. The van der Waals surface area contributed by atoms with Crippen molar-refractivity contribution in [1.29, 1.82) is 0 Å². The molecule has 0 aliphatic carbocycles. The number of para-hydroxylation sites is 1. The van der Waals surface area contributed by atoms with Crippen LogP contribution in [0.3, 0.4) is 0 Å². The Hall–Kier alpha value is -1.00. The van der Waals surface area contributed by atoms with E-state index in [1.165, 1.54) is 0 Å². The Morgan fingerprint density at radius 2 is 2.25 bits per heavy atom. The largest absolute Gasteiger partial charge is 0.493 e. The van der Waals surface area contributed by atoms with Gasteiger partial charge in [0.25, 0.3) is 0 Å². The van der Waals surface area contributed by atoms with E-state index in [-0.39, 0.29) is 0 Å². The molecule has 1 rings (SSSR count). The second-order valence-electron chi connectivity index (χ2n) is 3.20. The van der Waals surface area contributed by atoms with Gasteiger partial charge in [-0.05, 0) is 30.8 Å². The lowest BCUT2D eigenvalue weighted by molar-refractivity contribution is 0.417. The van der Waals surface area contributed by atoms with Crippen LogP contribution in [0.1, 0.15) is 13.3 Å². The van der Waals surface area contributed by atoms with E-state index in [1.54, 1.807) is 13.2 Å². The number of thiocarbonyl (C=S) groups is 1. The van der Waals surface area contributed by atoms with Crippen molar-refractivity contribution in [3.8, 4) is 5.75 Å². The van der Waals surface area contributed by atoms with Crippen LogP contribution in [0.25, 0.3) is 0 Å². The SMILES string of the molecule is CCCNC(=S)Nc1cccc(Cl)c1OC. The Balaban J connectivity index is 2.73. The smallest absolute Gasteiger partial charge is 0.170 e. The molecule has 1 aromatic rings. The molecular weight excluding hydrogens is 244 g/mol. The Morgan fingerprint density at radius 3 is 2.88 bits per heavy atom. The molecule has 0 amide bonds. The minimum Gasteiger partial charge on any atom is -0.493 e. The first-order valence-corrected chi connectivity index (χ1v) is 5.85. The van der Waals surface area contributed by atoms with Gasteiger partial charge in [0, 0.05) is 6.54 Å². The number of anilines is 1. The maximum atomic E-state index is 5.99. The van der Waals surface area contributed by atoms with E-state index in [4.69, 9.17) is 28.6 Å². The van der Waals surface area contributed by atoms with Crippen molar-refractivity contribution >= 4 is 34.6 Å². The molecule has 0 radical (unpaired) electrons. The molecule has 1 aromatic carbocycles. The van der Waals surface area contributed by atoms with Gasteiger partial charge in [-0.1, -0.05) is 24.6 Å². The van der Waals surface area contributed by atoms with Crippen LogP contribution in [-0.4, -0.2) is 18.8 Å². The monoisotopic (exact) mass is 258 g/mol. The summed E-state index contributed by atoms with van der Waals surface area (Å²) >= 11 is 11.1. The zero-order valence-electron chi connectivity index (χ0n) is 9.34. The number of ether oxygens (including phenoxy) is 1. The van der Waals surface area contributed by atoms with Gasteiger partial charge in [0.15, 0.2) is 10.9 Å². The standard InChI is InChI=1S/C11H15ClN2OS/c1-3-7-13-11(16)14-9-6-4-5-8(12)10(9)15-2/h4-6H,3,7H2,1-2H3,(H2,13,14,16). The van der Waals surface area contributed by atoms with Crippen molar-refractivity contribution in [2.75, 3.05) is 19.0 Å². The van der Waals surface area contributed by atoms with Crippen LogP contribution < -0.4 is 15.4 Å². The quantitative estimate of drug-likeness (QED) is 0.814. The maximum absolute atomic E-state index is 5.99. The molecule has 88 valence electrons. The predicted octanol–water partition coefficient (Wildman–Crippen LogP) is 3.05. The first-order chi connectivity index (χ1) is 7.69. The highest BCUT2D eigenvalue weighted by Gasteiger charge is 2.07. The Kier molecular flexibility index (Phi) is 5.35. The first kappa shape index (κ1) is 13.1. The fraction of sp³-hybridized carbons (Fsp3) is 0.364. The minimum atomic E-state index is 0.561. The molecule has 0 aliphatic rings. The summed E-state index contributed by atoms with van der Waals surface area (Å²) in [6.07, 6.45) is 1.02. The van der Waals surface area contributed by atoms with Gasteiger partial charge in [-0.3, -0.25) is 0 Å². The van der Waals surface area contributed by atoms with Crippen LogP contribution in [0.15, 0.2) is 18.2 Å². The van der Waals surface area contributed by atoms with Crippen molar-refractivity contribution < 1.29 is 4.74 Å². The van der Waals surface area contributed by atoms with Gasteiger partial charge in [-0.25, -0.2) is 0 Å². The van der Waals surface area contributed by atoms with Crippen molar-refractivity contribution in [2.45, 2.75) is 13.3 Å². The Labute approximate surface area is 106 Å². The molecule has 0 aromatic heterocycles. The lowest BCUT2D eigenvalue weighted by Gasteiger charge is -2.13. The lowest BCUT2D eigenvalue weighted by atomic mass is 10.3. The number of methoxy groups -OCH3 is 1. The minimum absolute atomic E-state index is 0.561. The normalized spacial score (nSPS) is 9.69. The van der Waals surface area contributed by atoms with Crippen LogP contribution in [0.2, 0.25) is 5.02 Å². The Morgan fingerprint density at radius 1 is 1.50 bits per heavy atom. The molecule has 3 nitrogen and oxygen atoms in total. The number of hydrogen-bond acceptors (Lipinski definition) is 2. The maximum Gasteiger partial charge on any atom is 0.170 e. The fourth-order valence-corrected chi connectivity index (χ4v) is 1.68. The molecule has 0 aliphatic heterocycles. The third-order valence-corrected chi connectivity index (χ3v) is 2.50. The summed E-state index contributed by atoms with van der Waals surface area (Å²) in [5, 5.41) is 7.25. The molecule has 2 N–H and O–H groups in total. The molecule has 5 heteroatoms. The zero-order chi connectivity index (χ0) is 12.0. The van der Waals surface area contributed by atoms with Crippen molar-refractivity contribution in [1.82, 2.24) is 5.32 Å². The summed E-state index contributed by atoms with van der Waals surface area (Å²) in [7, 11) is 1.58. The van der Waals surface area contributed by atoms with Gasteiger partial charge in [0.2, 0.25) is 0 Å². The van der Waals surface area contributed by atoms with Crippen LogP contribution in [0, 0.1) is 0 Å². The third kappa shape index (κ3) is 3.54. The van der Waals surface area contributed by atoms with E-state index in [0.29, 0.717) is 15.9 Å². The summed E-state index contributed by atoms with van der Waals surface area (Å²) in [5.74, 6) is 0.602. The van der Waals surface area contributed by atoms with Gasteiger partial charge in [-0.15, -0.1) is 0 Å². The summed E-state index contributed by atoms with van der Waals surface area (Å²) in [6, 6.07) is 5.48. The van der Waals surface area contributed by atoms with E-state index in [2.05, 4.69) is 17.6 Å². The number of rotatable bonds is 4. The molecule has 0 saturated carbocycles. The predicted molar refractivity (Wildman–Crippen MR) is 72.5 cm³/mol. The van der Waals surface area contributed by atoms with Crippen molar-refractivity contribution in [2.24, 2.45) is 0 Å². The molecular formula is C11H15ClN2OS. The molecule has 0 spiro atoms. The fourth-order valence-electron chi connectivity index (χ4n) is 1.22. The van der Waals surface area contributed by atoms with E-state index in [0.717, 1.165) is 18.7 Å². The topological polar surface area (TPSA) is 33.3 Å². The van der Waals surface area contributed by atoms with E-state index in [9.17, 15) is 0 Å². The second-order valence-corrected chi connectivity index (χ2v) is 4.02. The van der Waals surface area contributed by atoms with Crippen molar-refractivity contribution in [3.05, 3.63) is 23.2 Å². The number of benzene rings is 1. The van der Waals surface area contributed by atoms with E-state index >= 15 is 0 Å². The average molecular weight is 259 g/mol. The third-order valence-electron chi connectivity index (χ3n) is 1.95. The number of halogens is 1. The lowest BCUT2D eigenvalue weighted by Crippen LogP contribution is -2.29. The van der Waals surface area contributed by atoms with E-state index in [1.807, 2.05) is 12.1 Å². The average Bonchev–Trinajstić information content (AvgIpc) is 2.27. The van der Waals surface area contributed by atoms with Crippen LogP contribution >= 0.6 is 23.8 Å². The van der Waals surface area contributed by atoms with Crippen LogP contribution in [0.4, 0.5) is 5.69 Å². The number of nitrogens with one attached hydrogen (secondary N) is 2. The van der Waals surface area contributed by atoms with Crippen molar-refractivity contribution in [3.63, 3.8) is 0 Å². The molecule has 16 heavy (non-hydrogen) atoms. The highest BCUT2D eigenvalue weighted by Crippen LogP contribution is 2.32. The highest BCUT2D eigenvalue weighted by molar-refractivity contribution is 7.80. The van der Waals surface area contributed by atoms with Crippen LogP contribution in [-0.2, 0) is 0 Å². The van der Waals surface area contributed by atoms with Gasteiger partial charge >= 0.3 is 0 Å². The highest BCUT2D eigenvalue weighted by atomic mass is 35.5. The summed E-state index contributed by atoms with van der Waals surface area (Å²) in [5.41, 5.74) is 0.767. The summed E-state index contributed by atoms with van der Waals surface area (Å²) in [4.78, 5) is 0. The van der Waals surface area contributed by atoms with Gasteiger partial charge < -0.3 is 15.4 Å². The molecule has 0 unspecified atom stereocenters. The van der Waals surface area contributed by atoms with Gasteiger partial charge in [0.1, 0.15) is 0 Å². The molecule has 0 bridgehead atoms. The molecule has 0 atom stereocenters. The van der Waals surface area contributed by atoms with Gasteiger partial charge in [0.05, 0.1) is 17.8 Å². The van der Waals surface area contributed by atoms with Gasteiger partial charge in [-0.2, -0.15) is 0 Å². The van der Waals surface area contributed by atoms with E-state index < -0.39 is 0 Å². The first-order valence-electron chi connectivity index (χ1n) is 5.06. The van der Waals surface area contributed by atoms with Crippen LogP contribution in [0.5, 0.6) is 5.75 Å². The molecule has 0 fully saturated rings. The Bertz CT molecular complexity index is 371. The second kappa shape index (κ2) is 6.55. The molecule has 0 heterocycles. The summed E-state index contributed by atoms with van der Waals surface area (Å²) in [6.45, 7) is 2.92. The zero-order valence-corrected chi connectivity index (χ0v) is 10.9. The molecule has 0 saturated heterocycles.